The average molecular weight is 675 g/mol. The van der Waals surface area contributed by atoms with Gasteiger partial charge in [0.05, 0.1) is 16.0 Å². The van der Waals surface area contributed by atoms with Crippen molar-refractivity contribution in [2.24, 2.45) is 5.14 Å². The summed E-state index contributed by atoms with van der Waals surface area (Å²) in [5.41, 5.74) is -1.28. The zero-order chi connectivity index (χ0) is 33.5. The number of halogens is 2. The molecule has 240 valence electrons. The minimum atomic E-state index is -5.74. The molecule has 47 heavy (non-hydrogen) atoms. The lowest BCUT2D eigenvalue weighted by Crippen LogP contribution is -2.40. The third-order valence-corrected chi connectivity index (χ3v) is 10.1. The first-order chi connectivity index (χ1) is 22.3. The van der Waals surface area contributed by atoms with Crippen LogP contribution in [0.2, 0.25) is 0 Å². The maximum Gasteiger partial charge on any atom is 0.399 e. The summed E-state index contributed by atoms with van der Waals surface area (Å²) in [4.78, 5) is 18.5. The number of para-hydroxylation sites is 1. The molecule has 13 heteroatoms. The van der Waals surface area contributed by atoms with Gasteiger partial charge in [-0.25, -0.2) is 18.2 Å². The number of hydrogen-bond donors (Lipinski definition) is 3. The van der Waals surface area contributed by atoms with Crippen molar-refractivity contribution in [3.05, 3.63) is 150 Å². The predicted molar refractivity (Wildman–Crippen MR) is 174 cm³/mol. The number of sulfonamides is 1. The maximum absolute atomic E-state index is 14.5. The second kappa shape index (κ2) is 12.2. The highest BCUT2D eigenvalue weighted by Gasteiger charge is 2.50. The van der Waals surface area contributed by atoms with Crippen LogP contribution in [-0.2, 0) is 38.6 Å². The molecule has 0 saturated heterocycles. The molecular weight excluding hydrogens is 645 g/mol. The van der Waals surface area contributed by atoms with Crippen LogP contribution in [0.4, 0.5) is 8.78 Å². The molecular formula is C34H29F2N4O5PS. The minimum Gasteiger partial charge on any atom is -0.320 e. The predicted octanol–water partition coefficient (Wildman–Crippen LogP) is 6.20. The van der Waals surface area contributed by atoms with Gasteiger partial charge in [-0.2, -0.15) is 8.78 Å². The van der Waals surface area contributed by atoms with Crippen molar-refractivity contribution in [1.29, 1.82) is 0 Å². The van der Waals surface area contributed by atoms with E-state index in [0.29, 0.717) is 28.6 Å². The SMILES string of the molecule is NS(=O)(=O)c1ccccc1-c1ccc(CC(Cc2ccc(C(F)(F)P(=O)(O)O)cc2)(c2ccccc2)n2nnc3ccccc32)cc1. The third-order valence-electron chi connectivity index (χ3n) is 8.19. The molecule has 0 aliphatic carbocycles. The summed E-state index contributed by atoms with van der Waals surface area (Å²) in [6, 6.07) is 35.8. The fourth-order valence-electron chi connectivity index (χ4n) is 5.89. The van der Waals surface area contributed by atoms with Crippen LogP contribution in [-0.4, -0.2) is 33.2 Å². The summed E-state index contributed by atoms with van der Waals surface area (Å²) in [7, 11) is -9.71. The minimum absolute atomic E-state index is 0.00763. The molecule has 1 atom stereocenters. The maximum atomic E-state index is 14.5. The van der Waals surface area contributed by atoms with Crippen LogP contribution in [0.25, 0.3) is 22.2 Å². The molecule has 4 N–H and O–H groups in total. The van der Waals surface area contributed by atoms with Gasteiger partial charge in [0.25, 0.3) is 0 Å². The first-order valence-corrected chi connectivity index (χ1v) is 17.6. The quantitative estimate of drug-likeness (QED) is 0.147. The Labute approximate surface area is 269 Å². The lowest BCUT2D eigenvalue weighted by Gasteiger charge is -2.36. The zero-order valence-corrected chi connectivity index (χ0v) is 26.4. The highest BCUT2D eigenvalue weighted by atomic mass is 32.2. The molecule has 6 rings (SSSR count). The van der Waals surface area contributed by atoms with E-state index in [-0.39, 0.29) is 11.3 Å². The van der Waals surface area contributed by atoms with Crippen molar-refractivity contribution in [1.82, 2.24) is 15.0 Å². The first-order valence-electron chi connectivity index (χ1n) is 14.4. The van der Waals surface area contributed by atoms with Crippen molar-refractivity contribution < 1.29 is 31.6 Å². The molecule has 1 heterocycles. The van der Waals surface area contributed by atoms with Gasteiger partial charge >= 0.3 is 13.3 Å². The topological polar surface area (TPSA) is 148 Å². The Morgan fingerprint density at radius 3 is 1.89 bits per heavy atom. The number of rotatable bonds is 10. The normalized spacial score (nSPS) is 13.8. The van der Waals surface area contributed by atoms with Gasteiger partial charge in [-0.1, -0.05) is 114 Å². The van der Waals surface area contributed by atoms with Gasteiger partial charge in [0, 0.05) is 24.0 Å². The molecule has 1 aromatic heterocycles. The second-order valence-corrected chi connectivity index (χ2v) is 14.4. The van der Waals surface area contributed by atoms with Crippen LogP contribution in [0.3, 0.4) is 0 Å². The fourth-order valence-corrected chi connectivity index (χ4v) is 7.14. The fraction of sp³-hybridized carbons (Fsp3) is 0.118. The van der Waals surface area contributed by atoms with Gasteiger partial charge in [-0.15, -0.1) is 5.10 Å². The largest absolute Gasteiger partial charge is 0.399 e. The number of aromatic nitrogens is 3. The van der Waals surface area contributed by atoms with Crippen molar-refractivity contribution in [3.63, 3.8) is 0 Å². The van der Waals surface area contributed by atoms with Gasteiger partial charge in [-0.05, 0) is 40.5 Å². The summed E-state index contributed by atoms with van der Waals surface area (Å²) < 4.78 is 66.8. The van der Waals surface area contributed by atoms with Gasteiger partial charge in [-0.3, -0.25) is 4.57 Å². The van der Waals surface area contributed by atoms with Gasteiger partial charge in [0.2, 0.25) is 10.0 Å². The van der Waals surface area contributed by atoms with E-state index in [1.165, 1.54) is 18.2 Å². The van der Waals surface area contributed by atoms with E-state index in [9.17, 15) is 31.6 Å². The molecule has 0 spiro atoms. The summed E-state index contributed by atoms with van der Waals surface area (Å²) in [6.45, 7) is 0. The highest BCUT2D eigenvalue weighted by Crippen LogP contribution is 2.59. The average Bonchev–Trinajstić information content (AvgIpc) is 3.49. The Balaban J connectivity index is 1.49. The van der Waals surface area contributed by atoms with Crippen molar-refractivity contribution in [2.45, 2.75) is 28.9 Å². The standard InChI is InChI=1S/C34H29F2N4O5PS/c35-34(36,46(41,42)43)28-20-16-25(17-21-28)23-33(27-8-2-1-3-9-27,40-31-12-6-5-11-30(31)38-39-40)22-24-14-18-26(19-15-24)29-10-4-7-13-32(29)47(37,44)45/h1-21H,22-23H2,(H2,37,44,45)(H2,41,42,43). The van der Waals surface area contributed by atoms with Gasteiger partial charge < -0.3 is 9.79 Å². The Hall–Kier alpha value is -4.58. The molecule has 6 aromatic rings. The smallest absolute Gasteiger partial charge is 0.320 e. The Bertz CT molecular complexity index is 2210. The number of alkyl halides is 2. The number of nitrogens with two attached hydrogens (primary N) is 1. The van der Waals surface area contributed by atoms with Crippen LogP contribution in [0.1, 0.15) is 22.3 Å². The molecule has 0 aliphatic rings. The van der Waals surface area contributed by atoms with Crippen LogP contribution in [0, 0.1) is 0 Å². The molecule has 0 radical (unpaired) electrons. The number of primary sulfonamides is 1. The second-order valence-electron chi connectivity index (χ2n) is 11.3. The monoisotopic (exact) mass is 674 g/mol. The van der Waals surface area contributed by atoms with Crippen LogP contribution < -0.4 is 5.14 Å². The van der Waals surface area contributed by atoms with E-state index in [1.807, 2.05) is 83.5 Å². The summed E-state index contributed by atoms with van der Waals surface area (Å²) in [6.07, 6.45) is 0.587. The van der Waals surface area contributed by atoms with Gasteiger partial charge in [0.1, 0.15) is 5.52 Å². The number of benzene rings is 5. The molecule has 0 aliphatic heterocycles. The summed E-state index contributed by atoms with van der Waals surface area (Å²) in [5, 5.41) is 14.5. The Kier molecular flexibility index (Phi) is 8.41. The molecule has 0 bridgehead atoms. The van der Waals surface area contributed by atoms with E-state index in [4.69, 9.17) is 5.14 Å². The molecule has 0 fully saturated rings. The van der Waals surface area contributed by atoms with Crippen LogP contribution >= 0.6 is 7.60 Å². The van der Waals surface area contributed by atoms with Crippen LogP contribution in [0.5, 0.6) is 0 Å². The van der Waals surface area contributed by atoms with E-state index in [0.717, 1.165) is 28.8 Å². The highest BCUT2D eigenvalue weighted by molar-refractivity contribution is 7.89. The number of fused-ring (bicyclic) bond motifs is 1. The van der Waals surface area contributed by atoms with Crippen molar-refractivity contribution >= 4 is 28.7 Å². The zero-order valence-electron chi connectivity index (χ0n) is 24.7. The molecule has 0 amide bonds. The molecule has 9 nitrogen and oxygen atoms in total. The molecule has 0 saturated carbocycles. The van der Waals surface area contributed by atoms with E-state index in [1.54, 1.807) is 18.2 Å². The van der Waals surface area contributed by atoms with E-state index >= 15 is 0 Å². The van der Waals surface area contributed by atoms with Crippen molar-refractivity contribution in [2.75, 3.05) is 0 Å². The van der Waals surface area contributed by atoms with Gasteiger partial charge in [0.15, 0.2) is 0 Å². The number of nitrogens with zero attached hydrogens (tertiary/aromatic N) is 3. The third kappa shape index (κ3) is 6.26. The Morgan fingerprint density at radius 2 is 1.28 bits per heavy atom. The Morgan fingerprint density at radius 1 is 0.723 bits per heavy atom. The summed E-state index contributed by atoms with van der Waals surface area (Å²) in [5.74, 6) is 0. The van der Waals surface area contributed by atoms with Crippen molar-refractivity contribution in [3.8, 4) is 11.1 Å². The lowest BCUT2D eigenvalue weighted by molar-refractivity contribution is 0.0564. The summed E-state index contributed by atoms with van der Waals surface area (Å²) >= 11 is 0. The first kappa shape index (κ1) is 32.4. The number of hydrogen-bond acceptors (Lipinski definition) is 5. The molecule has 5 aromatic carbocycles. The van der Waals surface area contributed by atoms with E-state index < -0.39 is 34.4 Å². The van der Waals surface area contributed by atoms with E-state index in [2.05, 4.69) is 10.3 Å². The van der Waals surface area contributed by atoms with Crippen LogP contribution in [0.15, 0.2) is 132 Å². The lowest BCUT2D eigenvalue weighted by atomic mass is 9.78. The molecule has 1 unspecified atom stereocenters.